The number of nitrogens with zero attached hydrogens (tertiary/aromatic N) is 4. The molecule has 23 heavy (non-hydrogen) atoms. The van der Waals surface area contributed by atoms with Gasteiger partial charge in [0.05, 0.1) is 6.54 Å². The van der Waals surface area contributed by atoms with Gasteiger partial charge >= 0.3 is 6.61 Å². The minimum absolute atomic E-state index is 0.102. The fourth-order valence-electron chi connectivity index (χ4n) is 2.02. The Hall–Kier alpha value is -2.35. The molecule has 8 heteroatoms. The predicted molar refractivity (Wildman–Crippen MR) is 83.1 cm³/mol. The third-order valence-corrected chi connectivity index (χ3v) is 3.58. The van der Waals surface area contributed by atoms with Crippen molar-refractivity contribution in [2.75, 3.05) is 0 Å². The third kappa shape index (κ3) is 3.89. The van der Waals surface area contributed by atoms with Crippen molar-refractivity contribution >= 4 is 15.9 Å². The topological polar surface area (TPSA) is 52.8 Å². The molecule has 0 aliphatic rings. The maximum Gasteiger partial charge on any atom is 0.387 e. The lowest BCUT2D eigenvalue weighted by Gasteiger charge is -2.09. The second-order valence-electron chi connectivity index (χ2n) is 4.64. The lowest BCUT2D eigenvalue weighted by molar-refractivity contribution is -0.0505. The molecule has 0 saturated heterocycles. The quantitative estimate of drug-likeness (QED) is 0.676. The van der Waals surface area contributed by atoms with Gasteiger partial charge in [0.25, 0.3) is 0 Å². The Morgan fingerprint density at radius 2 is 1.83 bits per heavy atom. The van der Waals surface area contributed by atoms with Crippen molar-refractivity contribution in [3.8, 4) is 17.1 Å². The Bertz CT molecular complexity index is 792. The highest BCUT2D eigenvalue weighted by Gasteiger charge is 2.11. The van der Waals surface area contributed by atoms with Crippen LogP contribution >= 0.6 is 15.9 Å². The monoisotopic (exact) mass is 380 g/mol. The van der Waals surface area contributed by atoms with Crippen LogP contribution < -0.4 is 4.74 Å². The first-order valence-electron chi connectivity index (χ1n) is 6.68. The summed E-state index contributed by atoms with van der Waals surface area (Å²) >= 11 is 3.36. The molecule has 0 unspecified atom stereocenters. The summed E-state index contributed by atoms with van der Waals surface area (Å²) in [4.78, 5) is 1.34. The Morgan fingerprint density at radius 1 is 1.09 bits per heavy atom. The van der Waals surface area contributed by atoms with Gasteiger partial charge in [0, 0.05) is 15.6 Å². The van der Waals surface area contributed by atoms with Gasteiger partial charge in [-0.2, -0.15) is 13.6 Å². The number of ether oxygens (including phenoxy) is 1. The lowest BCUT2D eigenvalue weighted by Crippen LogP contribution is -2.09. The Labute approximate surface area is 139 Å². The molecule has 0 radical (unpaired) electrons. The van der Waals surface area contributed by atoms with Crippen molar-refractivity contribution in [3.05, 3.63) is 58.6 Å². The molecule has 0 aliphatic heterocycles. The summed E-state index contributed by atoms with van der Waals surface area (Å²) in [5.74, 6) is 0.565. The Balaban J connectivity index is 1.81. The molecule has 0 bridgehead atoms. The van der Waals surface area contributed by atoms with E-state index in [0.29, 0.717) is 11.4 Å². The van der Waals surface area contributed by atoms with E-state index in [0.717, 1.165) is 10.0 Å². The molecule has 118 valence electrons. The summed E-state index contributed by atoms with van der Waals surface area (Å²) in [5, 5.41) is 12.2. The van der Waals surface area contributed by atoms with Gasteiger partial charge in [0.1, 0.15) is 5.75 Å². The molecule has 0 saturated carbocycles. The number of alkyl halides is 2. The van der Waals surface area contributed by atoms with E-state index in [1.54, 1.807) is 18.2 Å². The highest BCUT2D eigenvalue weighted by molar-refractivity contribution is 9.10. The number of hydrogen-bond acceptors (Lipinski definition) is 4. The highest BCUT2D eigenvalue weighted by Crippen LogP contribution is 2.21. The summed E-state index contributed by atoms with van der Waals surface area (Å²) in [6.07, 6.45) is 0. The normalized spacial score (nSPS) is 11.0. The van der Waals surface area contributed by atoms with Crippen molar-refractivity contribution in [1.82, 2.24) is 20.2 Å². The zero-order valence-electron chi connectivity index (χ0n) is 11.7. The fraction of sp³-hybridized carbons (Fsp3) is 0.133. The maximum atomic E-state index is 12.4. The summed E-state index contributed by atoms with van der Waals surface area (Å²) in [6, 6.07) is 14.0. The minimum atomic E-state index is -2.88. The van der Waals surface area contributed by atoms with Crippen LogP contribution in [0.2, 0.25) is 0 Å². The second-order valence-corrected chi connectivity index (χ2v) is 5.55. The maximum absolute atomic E-state index is 12.4. The smallest absolute Gasteiger partial charge is 0.387 e. The van der Waals surface area contributed by atoms with Gasteiger partial charge in [0.2, 0.25) is 5.82 Å². The molecule has 0 aliphatic carbocycles. The molecule has 0 fully saturated rings. The van der Waals surface area contributed by atoms with Gasteiger partial charge in [-0.15, -0.1) is 10.2 Å². The van der Waals surface area contributed by atoms with Crippen LogP contribution in [0.3, 0.4) is 0 Å². The molecular formula is C15H11BrF2N4O. The number of rotatable bonds is 5. The zero-order valence-corrected chi connectivity index (χ0v) is 13.3. The van der Waals surface area contributed by atoms with E-state index in [1.807, 2.05) is 24.3 Å². The van der Waals surface area contributed by atoms with E-state index in [4.69, 9.17) is 0 Å². The lowest BCUT2D eigenvalue weighted by atomic mass is 10.2. The van der Waals surface area contributed by atoms with E-state index in [9.17, 15) is 8.78 Å². The number of aromatic nitrogens is 4. The molecule has 1 aromatic heterocycles. The molecule has 0 spiro atoms. The number of hydrogen-bond donors (Lipinski definition) is 0. The van der Waals surface area contributed by atoms with E-state index >= 15 is 0 Å². The van der Waals surface area contributed by atoms with Crippen molar-refractivity contribution in [2.24, 2.45) is 0 Å². The molecule has 0 N–H and O–H groups in total. The average Bonchev–Trinajstić information content (AvgIpc) is 2.98. The summed E-state index contributed by atoms with van der Waals surface area (Å²) in [6.45, 7) is -2.69. The predicted octanol–water partition coefficient (Wildman–Crippen LogP) is 3.75. The largest absolute Gasteiger partial charge is 0.434 e. The molecule has 2 aromatic carbocycles. The van der Waals surface area contributed by atoms with E-state index in [1.165, 1.54) is 10.9 Å². The number of tetrazole rings is 1. The van der Waals surface area contributed by atoms with Crippen LogP contribution in [0.1, 0.15) is 5.56 Å². The van der Waals surface area contributed by atoms with E-state index in [2.05, 4.69) is 36.1 Å². The number of halogens is 3. The third-order valence-electron chi connectivity index (χ3n) is 3.06. The Kier molecular flexibility index (Phi) is 4.61. The van der Waals surface area contributed by atoms with E-state index < -0.39 is 6.61 Å². The molecule has 3 rings (SSSR count). The van der Waals surface area contributed by atoms with Gasteiger partial charge in [-0.25, -0.2) is 0 Å². The molecule has 1 heterocycles. The number of benzene rings is 2. The summed E-state index contributed by atoms with van der Waals surface area (Å²) in [7, 11) is 0. The SMILES string of the molecule is FC(F)Oc1ccccc1Cn1nnc(-c2ccc(Br)cc2)n1. The van der Waals surface area contributed by atoms with Crippen molar-refractivity contribution in [1.29, 1.82) is 0 Å². The average molecular weight is 381 g/mol. The van der Waals surface area contributed by atoms with Crippen LogP contribution in [0, 0.1) is 0 Å². The van der Waals surface area contributed by atoms with Crippen LogP contribution in [-0.2, 0) is 6.54 Å². The molecular weight excluding hydrogens is 370 g/mol. The van der Waals surface area contributed by atoms with Gasteiger partial charge in [-0.05, 0) is 35.5 Å². The first kappa shape index (κ1) is 15.5. The van der Waals surface area contributed by atoms with Gasteiger partial charge in [0.15, 0.2) is 0 Å². The standard InChI is InChI=1S/C15H11BrF2N4O/c16-12-7-5-10(6-8-12)14-19-21-22(20-14)9-11-3-1-2-4-13(11)23-15(17)18/h1-8,15H,9H2. The van der Waals surface area contributed by atoms with Crippen LogP contribution in [0.5, 0.6) is 5.75 Å². The number of para-hydroxylation sites is 1. The minimum Gasteiger partial charge on any atom is -0.434 e. The van der Waals surface area contributed by atoms with Crippen LogP contribution in [0.15, 0.2) is 53.0 Å². The molecule has 3 aromatic rings. The molecule has 0 atom stereocenters. The zero-order chi connectivity index (χ0) is 16.2. The molecule has 0 amide bonds. The summed E-state index contributed by atoms with van der Waals surface area (Å²) in [5.41, 5.74) is 1.36. The highest BCUT2D eigenvalue weighted by atomic mass is 79.9. The fourth-order valence-corrected chi connectivity index (χ4v) is 2.29. The second kappa shape index (κ2) is 6.82. The van der Waals surface area contributed by atoms with Crippen LogP contribution in [0.25, 0.3) is 11.4 Å². The van der Waals surface area contributed by atoms with Gasteiger partial charge in [-0.3, -0.25) is 0 Å². The van der Waals surface area contributed by atoms with Crippen LogP contribution in [-0.4, -0.2) is 26.8 Å². The van der Waals surface area contributed by atoms with Crippen molar-refractivity contribution in [2.45, 2.75) is 13.2 Å². The first-order chi connectivity index (χ1) is 11.1. The summed E-state index contributed by atoms with van der Waals surface area (Å²) < 4.78 is 30.3. The first-order valence-corrected chi connectivity index (χ1v) is 7.47. The van der Waals surface area contributed by atoms with Gasteiger partial charge < -0.3 is 4.74 Å². The van der Waals surface area contributed by atoms with Crippen molar-refractivity contribution in [3.63, 3.8) is 0 Å². The Morgan fingerprint density at radius 3 is 2.57 bits per heavy atom. The van der Waals surface area contributed by atoms with E-state index in [-0.39, 0.29) is 12.3 Å². The molecule has 5 nitrogen and oxygen atoms in total. The van der Waals surface area contributed by atoms with Crippen molar-refractivity contribution < 1.29 is 13.5 Å². The van der Waals surface area contributed by atoms with Crippen LogP contribution in [0.4, 0.5) is 8.78 Å². The van der Waals surface area contributed by atoms with Gasteiger partial charge in [-0.1, -0.05) is 34.1 Å².